The Morgan fingerprint density at radius 3 is 2.53 bits per heavy atom. The zero-order valence-corrected chi connectivity index (χ0v) is 10.3. The summed E-state index contributed by atoms with van der Waals surface area (Å²) in [5.74, 6) is 0.258. The van der Waals surface area contributed by atoms with Crippen LogP contribution in [0.1, 0.15) is 25.7 Å². The molecule has 0 atom stereocenters. The van der Waals surface area contributed by atoms with Crippen LogP contribution in [0.5, 0.6) is 0 Å². The summed E-state index contributed by atoms with van der Waals surface area (Å²) >= 11 is 3.42. The van der Waals surface area contributed by atoms with Crippen LogP contribution in [0.15, 0.2) is 10.7 Å². The van der Waals surface area contributed by atoms with Gasteiger partial charge in [-0.1, -0.05) is 15.9 Å². The molecule has 84 valence electrons. The number of rotatable bonds is 1. The van der Waals surface area contributed by atoms with E-state index in [0.29, 0.717) is 32.2 Å². The van der Waals surface area contributed by atoms with Crippen molar-refractivity contribution in [2.24, 2.45) is 0 Å². The number of hydrogen-bond donors (Lipinski definition) is 1. The summed E-state index contributed by atoms with van der Waals surface area (Å²) in [5.41, 5.74) is -0.852. The number of hydrogen-bond acceptors (Lipinski definition) is 4. The first kappa shape index (κ1) is 11.1. The van der Waals surface area contributed by atoms with Gasteiger partial charge in [-0.25, -0.2) is 0 Å². The molecular weight excluding hydrogens is 260 g/mol. The minimum atomic E-state index is -0.852. The molecule has 0 aromatic carbocycles. The molecule has 0 aromatic rings. The Bertz CT molecular complexity index is 307. The van der Waals surface area contributed by atoms with Crippen LogP contribution < -0.4 is 0 Å². The minimum Gasteiger partial charge on any atom is -0.374 e. The Balaban J connectivity index is 2.07. The maximum atomic E-state index is 11.1. The molecule has 0 spiro atoms. The van der Waals surface area contributed by atoms with Gasteiger partial charge in [-0.05, 0) is 12.8 Å². The van der Waals surface area contributed by atoms with Crippen LogP contribution in [-0.2, 0) is 4.79 Å². The van der Waals surface area contributed by atoms with Crippen molar-refractivity contribution in [3.63, 3.8) is 0 Å². The van der Waals surface area contributed by atoms with Gasteiger partial charge >= 0.3 is 0 Å². The second-order valence-corrected chi connectivity index (χ2v) is 5.25. The van der Waals surface area contributed by atoms with Gasteiger partial charge in [-0.2, -0.15) is 5.01 Å². The summed E-state index contributed by atoms with van der Waals surface area (Å²) in [6.07, 6.45) is 3.97. The monoisotopic (exact) mass is 274 g/mol. The molecule has 1 saturated carbocycles. The van der Waals surface area contributed by atoms with Crippen LogP contribution in [0.3, 0.4) is 0 Å². The average molecular weight is 275 g/mol. The lowest BCUT2D eigenvalue weighted by molar-refractivity contribution is -0.192. The van der Waals surface area contributed by atoms with Crippen LogP contribution in [0, 0.1) is 0 Å². The molecule has 1 aliphatic heterocycles. The van der Waals surface area contributed by atoms with E-state index in [9.17, 15) is 9.90 Å². The molecule has 0 aromatic heterocycles. The number of Topliss-reactive ketones (excluding diaryl/α,β-unsaturated/α-hetero) is 1. The molecule has 0 amide bonds. The van der Waals surface area contributed by atoms with E-state index in [0.717, 1.165) is 4.48 Å². The SMILES string of the molecule is CN1C=C(Br)CN1C1(O)CCC(=O)CC1. The van der Waals surface area contributed by atoms with E-state index in [-0.39, 0.29) is 5.78 Å². The van der Waals surface area contributed by atoms with Crippen molar-refractivity contribution in [1.29, 1.82) is 0 Å². The standard InChI is InChI=1S/C10H15BrN2O2/c1-12-6-8(11)7-13(12)10(15)4-2-9(14)3-5-10/h6,15H,2-5,7H2,1H3. The van der Waals surface area contributed by atoms with Crippen molar-refractivity contribution in [2.45, 2.75) is 31.4 Å². The third kappa shape index (κ3) is 2.09. The van der Waals surface area contributed by atoms with Gasteiger partial charge in [0.1, 0.15) is 11.5 Å². The molecule has 0 unspecified atom stereocenters. The van der Waals surface area contributed by atoms with Gasteiger partial charge in [0.05, 0.1) is 6.54 Å². The molecule has 4 nitrogen and oxygen atoms in total. The van der Waals surface area contributed by atoms with E-state index in [4.69, 9.17) is 0 Å². The molecule has 0 saturated heterocycles. The smallest absolute Gasteiger partial charge is 0.136 e. The molecule has 0 radical (unpaired) electrons. The number of carbonyl (C=O) groups is 1. The van der Waals surface area contributed by atoms with Gasteiger partial charge in [-0.3, -0.25) is 4.79 Å². The highest BCUT2D eigenvalue weighted by Gasteiger charge is 2.41. The normalized spacial score (nSPS) is 27.0. The number of hydrazine groups is 1. The molecule has 15 heavy (non-hydrogen) atoms. The number of ketones is 1. The van der Waals surface area contributed by atoms with Crippen molar-refractivity contribution in [2.75, 3.05) is 13.6 Å². The lowest BCUT2D eigenvalue weighted by atomic mass is 9.90. The lowest BCUT2D eigenvalue weighted by Gasteiger charge is -2.43. The van der Waals surface area contributed by atoms with Crippen molar-refractivity contribution < 1.29 is 9.90 Å². The highest BCUT2D eigenvalue weighted by molar-refractivity contribution is 9.11. The van der Waals surface area contributed by atoms with Crippen molar-refractivity contribution in [3.05, 3.63) is 10.7 Å². The highest BCUT2D eigenvalue weighted by atomic mass is 79.9. The zero-order valence-electron chi connectivity index (χ0n) is 8.74. The fourth-order valence-corrected chi connectivity index (χ4v) is 2.73. The third-order valence-corrected chi connectivity index (χ3v) is 3.55. The second kappa shape index (κ2) is 3.88. The fraction of sp³-hybridized carbons (Fsp3) is 0.700. The molecule has 1 aliphatic carbocycles. The molecule has 2 rings (SSSR count). The molecule has 2 aliphatic rings. The van der Waals surface area contributed by atoms with Gasteiger partial charge in [0.15, 0.2) is 0 Å². The first-order chi connectivity index (χ1) is 7.01. The predicted molar refractivity (Wildman–Crippen MR) is 59.9 cm³/mol. The number of nitrogens with zero attached hydrogens (tertiary/aromatic N) is 2. The molecule has 1 fully saturated rings. The Hall–Kier alpha value is -0.390. The Kier molecular flexibility index (Phi) is 2.87. The molecule has 1 heterocycles. The molecule has 1 N–H and O–H groups in total. The van der Waals surface area contributed by atoms with E-state index in [1.54, 1.807) is 0 Å². The van der Waals surface area contributed by atoms with Crippen LogP contribution in [0.4, 0.5) is 0 Å². The summed E-state index contributed by atoms with van der Waals surface area (Å²) in [7, 11) is 1.91. The minimum absolute atomic E-state index is 0.258. The summed E-state index contributed by atoms with van der Waals surface area (Å²) in [6, 6.07) is 0. The van der Waals surface area contributed by atoms with E-state index < -0.39 is 5.72 Å². The molecule has 5 heteroatoms. The third-order valence-electron chi connectivity index (χ3n) is 3.10. The van der Waals surface area contributed by atoms with E-state index in [1.165, 1.54) is 0 Å². The van der Waals surface area contributed by atoms with Crippen LogP contribution in [-0.4, -0.2) is 40.2 Å². The van der Waals surface area contributed by atoms with Crippen LogP contribution >= 0.6 is 15.9 Å². The largest absolute Gasteiger partial charge is 0.374 e. The summed E-state index contributed by atoms with van der Waals surface area (Å²) < 4.78 is 1.05. The summed E-state index contributed by atoms with van der Waals surface area (Å²) in [6.45, 7) is 0.682. The van der Waals surface area contributed by atoms with Gasteiger partial charge in [0.25, 0.3) is 0 Å². The number of halogens is 1. The van der Waals surface area contributed by atoms with Crippen molar-refractivity contribution in [1.82, 2.24) is 10.0 Å². The van der Waals surface area contributed by atoms with E-state index in [2.05, 4.69) is 15.9 Å². The van der Waals surface area contributed by atoms with Crippen LogP contribution in [0.2, 0.25) is 0 Å². The van der Waals surface area contributed by atoms with Gasteiger partial charge in [-0.15, -0.1) is 0 Å². The topological polar surface area (TPSA) is 43.8 Å². The zero-order chi connectivity index (χ0) is 11.1. The fourth-order valence-electron chi connectivity index (χ4n) is 2.20. The average Bonchev–Trinajstić information content (AvgIpc) is 2.52. The molecule has 0 bridgehead atoms. The van der Waals surface area contributed by atoms with Crippen LogP contribution in [0.25, 0.3) is 0 Å². The van der Waals surface area contributed by atoms with Crippen molar-refractivity contribution >= 4 is 21.7 Å². The van der Waals surface area contributed by atoms with Crippen molar-refractivity contribution in [3.8, 4) is 0 Å². The van der Waals surface area contributed by atoms with Gasteiger partial charge < -0.3 is 10.1 Å². The van der Waals surface area contributed by atoms with E-state index >= 15 is 0 Å². The number of aliphatic hydroxyl groups is 1. The van der Waals surface area contributed by atoms with Gasteiger partial charge in [0, 0.05) is 30.6 Å². The van der Waals surface area contributed by atoms with E-state index in [1.807, 2.05) is 23.3 Å². The summed E-state index contributed by atoms with van der Waals surface area (Å²) in [5, 5.41) is 14.2. The highest BCUT2D eigenvalue weighted by Crippen LogP contribution is 2.34. The molecular formula is C10H15BrN2O2. The second-order valence-electron chi connectivity index (χ2n) is 4.23. The quantitative estimate of drug-likeness (QED) is 0.781. The Labute approximate surface area is 97.6 Å². The first-order valence-corrected chi connectivity index (χ1v) is 5.91. The first-order valence-electron chi connectivity index (χ1n) is 5.12. The Morgan fingerprint density at radius 2 is 2.07 bits per heavy atom. The lowest BCUT2D eigenvalue weighted by Crippen LogP contribution is -2.54. The summed E-state index contributed by atoms with van der Waals surface area (Å²) in [4.78, 5) is 11.1. The maximum Gasteiger partial charge on any atom is 0.136 e. The predicted octanol–water partition coefficient (Wildman–Crippen LogP) is 1.22. The maximum absolute atomic E-state index is 11.1. The van der Waals surface area contributed by atoms with Gasteiger partial charge in [0.2, 0.25) is 0 Å². The Morgan fingerprint density at radius 1 is 1.47 bits per heavy atom. The number of carbonyl (C=O) groups excluding carboxylic acids is 1.